The van der Waals surface area contributed by atoms with Crippen molar-refractivity contribution in [2.45, 2.75) is 5.16 Å². The fraction of sp³-hybridized carbons (Fsp3) is 0.118. The number of thioether (sulfide) groups is 1. The summed E-state index contributed by atoms with van der Waals surface area (Å²) < 4.78 is 0. The number of fused-ring (bicyclic) bond motifs is 1. The fourth-order valence-corrected chi connectivity index (χ4v) is 3.28. The third kappa shape index (κ3) is 3.29. The fourth-order valence-electron chi connectivity index (χ4n) is 2.61. The topological polar surface area (TPSA) is 104 Å². The van der Waals surface area contributed by atoms with Gasteiger partial charge in [0.15, 0.2) is 5.82 Å². The predicted octanol–water partition coefficient (Wildman–Crippen LogP) is 1.94. The van der Waals surface area contributed by atoms with E-state index in [0.29, 0.717) is 22.4 Å². The molecule has 4 rings (SSSR count). The molecule has 0 radical (unpaired) electrons. The molecule has 2 N–H and O–H groups in total. The standard InChI is InChI=1S/C17H14N6O2S/c24-14-9-23(13-4-2-1-3-12(13)19-14)15(25)10-26-17-20-16(21-22-17)11-5-7-18-8-6-11/h1-8H,9-10H2,(H,19,24)(H,20,21,22). The van der Waals surface area contributed by atoms with Crippen molar-refractivity contribution in [2.75, 3.05) is 22.5 Å². The molecule has 0 atom stereocenters. The number of nitrogens with one attached hydrogen (secondary N) is 2. The van der Waals surface area contributed by atoms with E-state index in [9.17, 15) is 9.59 Å². The Hall–Kier alpha value is -3.20. The van der Waals surface area contributed by atoms with Crippen molar-refractivity contribution in [3.8, 4) is 11.4 Å². The van der Waals surface area contributed by atoms with Crippen LogP contribution in [-0.2, 0) is 9.59 Å². The first-order chi connectivity index (χ1) is 12.7. The molecule has 0 unspecified atom stereocenters. The zero-order valence-corrected chi connectivity index (χ0v) is 14.4. The Kier molecular flexibility index (Phi) is 4.36. The van der Waals surface area contributed by atoms with Gasteiger partial charge in [0.1, 0.15) is 6.54 Å². The summed E-state index contributed by atoms with van der Waals surface area (Å²) in [6.45, 7) is 0.00661. The minimum absolute atomic E-state index is 0.00661. The lowest BCUT2D eigenvalue weighted by Gasteiger charge is -2.28. The summed E-state index contributed by atoms with van der Waals surface area (Å²) in [6.07, 6.45) is 3.35. The number of para-hydroxylation sites is 2. The molecular formula is C17H14N6O2S. The second kappa shape index (κ2) is 6.96. The maximum Gasteiger partial charge on any atom is 0.244 e. The van der Waals surface area contributed by atoms with Gasteiger partial charge in [-0.2, -0.15) is 0 Å². The second-order valence-corrected chi connectivity index (χ2v) is 6.48. The summed E-state index contributed by atoms with van der Waals surface area (Å²) >= 11 is 1.22. The van der Waals surface area contributed by atoms with Gasteiger partial charge in [0, 0.05) is 18.0 Å². The largest absolute Gasteiger partial charge is 0.323 e. The van der Waals surface area contributed by atoms with Gasteiger partial charge in [-0.1, -0.05) is 23.9 Å². The van der Waals surface area contributed by atoms with Gasteiger partial charge < -0.3 is 10.2 Å². The molecule has 0 aliphatic carbocycles. The summed E-state index contributed by atoms with van der Waals surface area (Å²) in [5.74, 6) is 0.368. The van der Waals surface area contributed by atoms with Crippen molar-refractivity contribution in [1.29, 1.82) is 0 Å². The van der Waals surface area contributed by atoms with E-state index in [0.717, 1.165) is 5.56 Å². The van der Waals surface area contributed by atoms with Gasteiger partial charge in [0.05, 0.1) is 17.1 Å². The lowest BCUT2D eigenvalue weighted by atomic mass is 10.2. The quantitative estimate of drug-likeness (QED) is 0.684. The molecule has 9 heteroatoms. The van der Waals surface area contributed by atoms with E-state index in [2.05, 4.69) is 25.5 Å². The Morgan fingerprint density at radius 1 is 1.19 bits per heavy atom. The number of hydrogen-bond acceptors (Lipinski definition) is 6. The maximum absolute atomic E-state index is 12.6. The number of amides is 2. The van der Waals surface area contributed by atoms with Crippen molar-refractivity contribution in [3.63, 3.8) is 0 Å². The molecule has 26 heavy (non-hydrogen) atoms. The molecule has 0 spiro atoms. The first-order valence-corrected chi connectivity index (χ1v) is 8.84. The van der Waals surface area contributed by atoms with Crippen LogP contribution in [0.2, 0.25) is 0 Å². The highest BCUT2D eigenvalue weighted by Crippen LogP contribution is 2.29. The smallest absolute Gasteiger partial charge is 0.244 e. The number of H-pyrrole nitrogens is 1. The van der Waals surface area contributed by atoms with Crippen molar-refractivity contribution >= 4 is 35.0 Å². The number of anilines is 2. The van der Waals surface area contributed by atoms with E-state index >= 15 is 0 Å². The molecule has 2 aromatic heterocycles. The van der Waals surface area contributed by atoms with E-state index in [-0.39, 0.29) is 24.1 Å². The number of carbonyl (C=O) groups is 2. The number of carbonyl (C=O) groups excluding carboxylic acids is 2. The molecular weight excluding hydrogens is 352 g/mol. The van der Waals surface area contributed by atoms with Gasteiger partial charge >= 0.3 is 0 Å². The van der Waals surface area contributed by atoms with Gasteiger partial charge in [-0.05, 0) is 24.3 Å². The molecule has 1 aliphatic rings. The van der Waals surface area contributed by atoms with Crippen LogP contribution in [0.4, 0.5) is 11.4 Å². The van der Waals surface area contributed by atoms with Crippen LogP contribution in [0.1, 0.15) is 0 Å². The average molecular weight is 366 g/mol. The number of nitrogens with zero attached hydrogens (tertiary/aromatic N) is 4. The third-order valence-corrected chi connectivity index (χ3v) is 4.65. The van der Waals surface area contributed by atoms with Crippen molar-refractivity contribution < 1.29 is 9.59 Å². The number of aromatic amines is 1. The maximum atomic E-state index is 12.6. The van der Waals surface area contributed by atoms with Crippen LogP contribution in [-0.4, -0.2) is 44.3 Å². The molecule has 1 aromatic carbocycles. The summed E-state index contributed by atoms with van der Waals surface area (Å²) in [7, 11) is 0. The Morgan fingerprint density at radius 2 is 2.00 bits per heavy atom. The Labute approximate surface area is 153 Å². The number of rotatable bonds is 4. The molecule has 0 saturated carbocycles. The Balaban J connectivity index is 1.45. The van der Waals surface area contributed by atoms with Crippen molar-refractivity contribution in [2.24, 2.45) is 0 Å². The van der Waals surface area contributed by atoms with Crippen LogP contribution in [0, 0.1) is 0 Å². The number of aromatic nitrogens is 4. The molecule has 0 saturated heterocycles. The lowest BCUT2D eigenvalue weighted by Crippen LogP contribution is -2.43. The number of benzene rings is 1. The van der Waals surface area contributed by atoms with Gasteiger partial charge in [-0.3, -0.25) is 19.7 Å². The first-order valence-electron chi connectivity index (χ1n) is 7.85. The highest BCUT2D eigenvalue weighted by atomic mass is 32.2. The van der Waals surface area contributed by atoms with E-state index in [1.807, 2.05) is 30.3 Å². The average Bonchev–Trinajstić information content (AvgIpc) is 3.15. The predicted molar refractivity (Wildman–Crippen MR) is 97.8 cm³/mol. The van der Waals surface area contributed by atoms with Crippen molar-refractivity contribution in [3.05, 3.63) is 48.8 Å². The molecule has 130 valence electrons. The summed E-state index contributed by atoms with van der Waals surface area (Å²) in [5, 5.41) is 10.2. The summed E-state index contributed by atoms with van der Waals surface area (Å²) in [5.41, 5.74) is 2.21. The van der Waals surface area contributed by atoms with Crippen LogP contribution < -0.4 is 10.2 Å². The minimum Gasteiger partial charge on any atom is -0.323 e. The number of pyridine rings is 1. The first kappa shape index (κ1) is 16.3. The Morgan fingerprint density at radius 3 is 2.85 bits per heavy atom. The summed E-state index contributed by atoms with van der Waals surface area (Å²) in [6, 6.07) is 10.9. The zero-order valence-electron chi connectivity index (χ0n) is 13.5. The van der Waals surface area contributed by atoms with E-state index < -0.39 is 0 Å². The molecule has 0 bridgehead atoms. The SMILES string of the molecule is O=C1CN(C(=O)CSc2n[nH]c(-c3ccncc3)n2)c2ccccc2N1. The summed E-state index contributed by atoms with van der Waals surface area (Å²) in [4.78, 5) is 34.3. The van der Waals surface area contributed by atoms with Gasteiger partial charge in [-0.25, -0.2) is 4.98 Å². The second-order valence-electron chi connectivity index (χ2n) is 5.54. The zero-order chi connectivity index (χ0) is 17.9. The van der Waals surface area contributed by atoms with Gasteiger partial charge in [0.2, 0.25) is 17.0 Å². The highest BCUT2D eigenvalue weighted by molar-refractivity contribution is 7.99. The molecule has 1 aliphatic heterocycles. The van der Waals surface area contributed by atoms with E-state index in [1.54, 1.807) is 18.5 Å². The van der Waals surface area contributed by atoms with Crippen molar-refractivity contribution in [1.82, 2.24) is 20.2 Å². The molecule has 8 nitrogen and oxygen atoms in total. The molecule has 3 heterocycles. The highest BCUT2D eigenvalue weighted by Gasteiger charge is 2.26. The van der Waals surface area contributed by atoms with Crippen LogP contribution in [0.3, 0.4) is 0 Å². The Bertz CT molecular complexity index is 959. The van der Waals surface area contributed by atoms with Crippen LogP contribution in [0.5, 0.6) is 0 Å². The van der Waals surface area contributed by atoms with E-state index in [4.69, 9.17) is 0 Å². The van der Waals surface area contributed by atoms with Gasteiger partial charge in [-0.15, -0.1) is 5.10 Å². The third-order valence-electron chi connectivity index (χ3n) is 3.82. The monoisotopic (exact) mass is 366 g/mol. The van der Waals surface area contributed by atoms with Gasteiger partial charge in [0.25, 0.3) is 0 Å². The number of hydrogen-bond donors (Lipinski definition) is 2. The molecule has 0 fully saturated rings. The van der Waals surface area contributed by atoms with E-state index in [1.165, 1.54) is 16.7 Å². The van der Waals surface area contributed by atoms with Crippen LogP contribution in [0.25, 0.3) is 11.4 Å². The minimum atomic E-state index is -0.208. The normalized spacial score (nSPS) is 13.2. The van der Waals surface area contributed by atoms with Crippen LogP contribution >= 0.6 is 11.8 Å². The molecule has 3 aromatic rings. The lowest BCUT2D eigenvalue weighted by molar-refractivity contribution is -0.120. The molecule has 2 amide bonds. The van der Waals surface area contributed by atoms with Crippen LogP contribution in [0.15, 0.2) is 53.9 Å².